The maximum Gasteiger partial charge on any atom is 0.115 e. The van der Waals surface area contributed by atoms with Crippen molar-refractivity contribution in [2.75, 3.05) is 0 Å². The average Bonchev–Trinajstić information content (AvgIpc) is 2.96. The van der Waals surface area contributed by atoms with Crippen molar-refractivity contribution in [1.82, 2.24) is 14.5 Å². The third kappa shape index (κ3) is 2.48. The Balaban J connectivity index is 2.17. The smallest absolute Gasteiger partial charge is 0.115 e. The third-order valence-electron chi connectivity index (χ3n) is 3.45. The van der Waals surface area contributed by atoms with Crippen molar-refractivity contribution in [3.63, 3.8) is 0 Å². The summed E-state index contributed by atoms with van der Waals surface area (Å²) in [6, 6.07) is 13.2. The van der Waals surface area contributed by atoms with Gasteiger partial charge in [-0.05, 0) is 23.8 Å². The van der Waals surface area contributed by atoms with E-state index in [-0.39, 0.29) is 6.61 Å². The third-order valence-corrected chi connectivity index (χ3v) is 3.45. The number of imidazole rings is 1. The highest BCUT2D eigenvalue weighted by molar-refractivity contribution is 5.77. The minimum atomic E-state index is -0.0107. The molecular formula is C17H14N4O. The fourth-order valence-corrected chi connectivity index (χ4v) is 2.40. The van der Waals surface area contributed by atoms with Crippen LogP contribution in [0.2, 0.25) is 0 Å². The normalized spacial score (nSPS) is 10.4. The van der Waals surface area contributed by atoms with E-state index in [9.17, 15) is 5.11 Å². The molecule has 5 nitrogen and oxygen atoms in total. The van der Waals surface area contributed by atoms with E-state index in [1.165, 1.54) is 0 Å². The molecule has 5 heteroatoms. The van der Waals surface area contributed by atoms with E-state index < -0.39 is 0 Å². The molecule has 0 amide bonds. The number of benzene rings is 1. The number of nitrogens with zero attached hydrogens (tertiary/aromatic N) is 4. The molecule has 3 rings (SSSR count). The molecule has 0 fully saturated rings. The van der Waals surface area contributed by atoms with Crippen LogP contribution in [0.15, 0.2) is 48.9 Å². The van der Waals surface area contributed by atoms with Gasteiger partial charge in [-0.1, -0.05) is 18.2 Å². The number of hydrogen-bond acceptors (Lipinski definition) is 4. The Labute approximate surface area is 128 Å². The standard InChI is InChI=1S/C17H14N4O/c1-21-11-20-16(15-8-12(9-18)5-6-19-15)17(21)14-4-2-3-13(7-14)10-22/h2-8,11,22H,10H2,1H3. The number of aromatic nitrogens is 3. The van der Waals surface area contributed by atoms with Crippen molar-refractivity contribution in [2.45, 2.75) is 6.61 Å². The largest absolute Gasteiger partial charge is 0.392 e. The summed E-state index contributed by atoms with van der Waals surface area (Å²) >= 11 is 0. The summed E-state index contributed by atoms with van der Waals surface area (Å²) in [6.07, 6.45) is 3.33. The first-order valence-electron chi connectivity index (χ1n) is 6.81. The van der Waals surface area contributed by atoms with E-state index in [1.54, 1.807) is 24.7 Å². The number of aliphatic hydroxyl groups excluding tert-OH is 1. The molecule has 0 radical (unpaired) electrons. The van der Waals surface area contributed by atoms with Crippen molar-refractivity contribution in [2.24, 2.45) is 7.05 Å². The van der Waals surface area contributed by atoms with Gasteiger partial charge in [0.2, 0.25) is 0 Å². The zero-order chi connectivity index (χ0) is 15.5. The van der Waals surface area contributed by atoms with Crippen LogP contribution >= 0.6 is 0 Å². The van der Waals surface area contributed by atoms with Crippen molar-refractivity contribution in [1.29, 1.82) is 5.26 Å². The fourth-order valence-electron chi connectivity index (χ4n) is 2.40. The van der Waals surface area contributed by atoms with Crippen molar-refractivity contribution < 1.29 is 5.11 Å². The van der Waals surface area contributed by atoms with Crippen LogP contribution in [-0.4, -0.2) is 19.6 Å². The molecule has 0 aliphatic carbocycles. The molecule has 0 spiro atoms. The molecule has 2 heterocycles. The second-order valence-corrected chi connectivity index (χ2v) is 4.95. The summed E-state index contributed by atoms with van der Waals surface area (Å²) in [5.41, 5.74) is 4.61. The van der Waals surface area contributed by atoms with E-state index in [1.807, 2.05) is 35.9 Å². The predicted octanol–water partition coefficient (Wildman–Crippen LogP) is 2.51. The first kappa shape index (κ1) is 14.0. The Morgan fingerprint density at radius 3 is 2.86 bits per heavy atom. The monoisotopic (exact) mass is 290 g/mol. The number of nitriles is 1. The number of pyridine rings is 1. The average molecular weight is 290 g/mol. The molecule has 0 unspecified atom stereocenters. The Hall–Kier alpha value is -2.97. The van der Waals surface area contributed by atoms with E-state index >= 15 is 0 Å². The molecule has 22 heavy (non-hydrogen) atoms. The lowest BCUT2D eigenvalue weighted by Crippen LogP contribution is -1.94. The quantitative estimate of drug-likeness (QED) is 0.804. The van der Waals surface area contributed by atoms with Gasteiger partial charge in [0, 0.05) is 18.8 Å². The molecule has 2 aromatic heterocycles. The van der Waals surface area contributed by atoms with Crippen molar-refractivity contribution in [3.05, 3.63) is 60.0 Å². The SMILES string of the molecule is Cn1cnc(-c2cc(C#N)ccn2)c1-c1cccc(CO)c1. The van der Waals surface area contributed by atoms with Crippen LogP contribution in [0.1, 0.15) is 11.1 Å². The topological polar surface area (TPSA) is 74.7 Å². The highest BCUT2D eigenvalue weighted by Crippen LogP contribution is 2.30. The minimum absolute atomic E-state index is 0.0107. The van der Waals surface area contributed by atoms with Gasteiger partial charge in [-0.15, -0.1) is 0 Å². The summed E-state index contributed by atoms with van der Waals surface area (Å²) in [4.78, 5) is 8.75. The van der Waals surface area contributed by atoms with E-state index in [2.05, 4.69) is 16.0 Å². The molecule has 0 saturated heterocycles. The molecule has 3 aromatic rings. The molecular weight excluding hydrogens is 276 g/mol. The maximum absolute atomic E-state index is 9.31. The van der Waals surface area contributed by atoms with Gasteiger partial charge in [-0.2, -0.15) is 5.26 Å². The van der Waals surface area contributed by atoms with Crippen LogP contribution in [0.5, 0.6) is 0 Å². The van der Waals surface area contributed by atoms with Crippen LogP contribution < -0.4 is 0 Å². The molecule has 0 bridgehead atoms. The zero-order valence-corrected chi connectivity index (χ0v) is 12.1. The van der Waals surface area contributed by atoms with Crippen molar-refractivity contribution >= 4 is 0 Å². The molecule has 108 valence electrons. The molecule has 0 aliphatic heterocycles. The molecule has 1 aromatic carbocycles. The lowest BCUT2D eigenvalue weighted by atomic mass is 10.0. The first-order chi connectivity index (χ1) is 10.7. The van der Waals surface area contributed by atoms with Crippen LogP contribution in [0.25, 0.3) is 22.6 Å². The van der Waals surface area contributed by atoms with Crippen LogP contribution in [0.3, 0.4) is 0 Å². The first-order valence-corrected chi connectivity index (χ1v) is 6.81. The number of rotatable bonds is 3. The van der Waals surface area contributed by atoms with Gasteiger partial charge in [-0.25, -0.2) is 4.98 Å². The Bertz CT molecular complexity index is 861. The number of aliphatic hydroxyl groups is 1. The molecule has 0 saturated carbocycles. The molecule has 1 N–H and O–H groups in total. The van der Waals surface area contributed by atoms with E-state index in [4.69, 9.17) is 5.26 Å². The summed E-state index contributed by atoms with van der Waals surface area (Å²) in [5, 5.41) is 18.4. The predicted molar refractivity (Wildman–Crippen MR) is 82.5 cm³/mol. The van der Waals surface area contributed by atoms with Gasteiger partial charge in [-0.3, -0.25) is 4.98 Å². The fraction of sp³-hybridized carbons (Fsp3) is 0.118. The summed E-state index contributed by atoms with van der Waals surface area (Å²) < 4.78 is 1.91. The lowest BCUT2D eigenvalue weighted by Gasteiger charge is -2.08. The van der Waals surface area contributed by atoms with Gasteiger partial charge in [0.15, 0.2) is 0 Å². The number of aryl methyl sites for hydroxylation is 1. The minimum Gasteiger partial charge on any atom is -0.392 e. The Kier molecular flexibility index (Phi) is 3.69. The van der Waals surface area contributed by atoms with Crippen LogP contribution in [0.4, 0.5) is 0 Å². The summed E-state index contributed by atoms with van der Waals surface area (Å²) in [5.74, 6) is 0. The Morgan fingerprint density at radius 2 is 2.09 bits per heavy atom. The lowest BCUT2D eigenvalue weighted by molar-refractivity contribution is 0.282. The highest BCUT2D eigenvalue weighted by Gasteiger charge is 2.15. The maximum atomic E-state index is 9.31. The van der Waals surface area contributed by atoms with Gasteiger partial charge in [0.05, 0.1) is 36.0 Å². The van der Waals surface area contributed by atoms with Crippen LogP contribution in [-0.2, 0) is 13.7 Å². The highest BCUT2D eigenvalue weighted by atomic mass is 16.3. The zero-order valence-electron chi connectivity index (χ0n) is 12.1. The van der Waals surface area contributed by atoms with Gasteiger partial charge >= 0.3 is 0 Å². The van der Waals surface area contributed by atoms with E-state index in [0.717, 1.165) is 22.5 Å². The van der Waals surface area contributed by atoms with E-state index in [0.29, 0.717) is 11.3 Å². The van der Waals surface area contributed by atoms with Crippen molar-refractivity contribution in [3.8, 4) is 28.7 Å². The van der Waals surface area contributed by atoms with Crippen LogP contribution in [0, 0.1) is 11.3 Å². The van der Waals surface area contributed by atoms with Gasteiger partial charge in [0.1, 0.15) is 5.69 Å². The summed E-state index contributed by atoms with van der Waals surface area (Å²) in [6.45, 7) is -0.0107. The molecule has 0 atom stereocenters. The molecule has 0 aliphatic rings. The number of hydrogen-bond donors (Lipinski definition) is 1. The second kappa shape index (κ2) is 5.80. The second-order valence-electron chi connectivity index (χ2n) is 4.95. The van der Waals surface area contributed by atoms with Gasteiger partial charge < -0.3 is 9.67 Å². The summed E-state index contributed by atoms with van der Waals surface area (Å²) in [7, 11) is 1.91. The van der Waals surface area contributed by atoms with Gasteiger partial charge in [0.25, 0.3) is 0 Å². The Morgan fingerprint density at radius 1 is 1.23 bits per heavy atom.